The van der Waals surface area contributed by atoms with Crippen LogP contribution in [0.1, 0.15) is 37.7 Å². The average molecular weight is 309 g/mol. The van der Waals surface area contributed by atoms with Gasteiger partial charge in [-0.15, -0.1) is 0 Å². The summed E-state index contributed by atoms with van der Waals surface area (Å²) in [6.45, 7) is 14.4. The molecular formula is C16H31N5O. The molecule has 0 fully saturated rings. The topological polar surface area (TPSA) is 63.5 Å². The first-order chi connectivity index (χ1) is 10.5. The maximum Gasteiger partial charge on any atom is 0.191 e. The summed E-state index contributed by atoms with van der Waals surface area (Å²) in [6, 6.07) is 0. The SMILES string of the molecule is CCNC(=NCc1c(C)nn(CCOC)c1C)NCC(C)C. The van der Waals surface area contributed by atoms with Crippen LogP contribution in [0.4, 0.5) is 0 Å². The third-order valence-electron chi connectivity index (χ3n) is 3.46. The molecule has 1 heterocycles. The van der Waals surface area contributed by atoms with Crippen molar-refractivity contribution in [1.29, 1.82) is 0 Å². The lowest BCUT2D eigenvalue weighted by molar-refractivity contribution is 0.182. The number of rotatable bonds is 8. The summed E-state index contributed by atoms with van der Waals surface area (Å²) in [5, 5.41) is 11.2. The summed E-state index contributed by atoms with van der Waals surface area (Å²) >= 11 is 0. The molecule has 0 bridgehead atoms. The number of guanidine groups is 1. The molecule has 1 aromatic heterocycles. The van der Waals surface area contributed by atoms with Gasteiger partial charge in [0.1, 0.15) is 0 Å². The molecule has 22 heavy (non-hydrogen) atoms. The van der Waals surface area contributed by atoms with Crippen molar-refractivity contribution in [2.45, 2.75) is 47.7 Å². The zero-order valence-electron chi connectivity index (χ0n) is 14.9. The van der Waals surface area contributed by atoms with Crippen LogP contribution >= 0.6 is 0 Å². The standard InChI is InChI=1S/C16H31N5O/c1-7-17-16(18-10-12(2)3)19-11-15-13(4)20-21(14(15)5)8-9-22-6/h12H,7-11H2,1-6H3,(H2,17,18,19). The highest BCUT2D eigenvalue weighted by Gasteiger charge is 2.11. The molecule has 0 saturated heterocycles. The number of nitrogens with zero attached hydrogens (tertiary/aromatic N) is 3. The zero-order valence-corrected chi connectivity index (χ0v) is 14.9. The summed E-state index contributed by atoms with van der Waals surface area (Å²) in [4.78, 5) is 4.68. The van der Waals surface area contributed by atoms with Crippen LogP contribution in [0.2, 0.25) is 0 Å². The number of hydrogen-bond donors (Lipinski definition) is 2. The molecule has 2 N–H and O–H groups in total. The fourth-order valence-electron chi connectivity index (χ4n) is 2.16. The largest absolute Gasteiger partial charge is 0.383 e. The maximum atomic E-state index is 5.13. The van der Waals surface area contributed by atoms with Crippen LogP contribution in [0.25, 0.3) is 0 Å². The quantitative estimate of drug-likeness (QED) is 0.568. The Morgan fingerprint density at radius 2 is 2.05 bits per heavy atom. The molecule has 1 aromatic rings. The molecular weight excluding hydrogens is 278 g/mol. The minimum absolute atomic E-state index is 0.587. The normalized spacial score (nSPS) is 12.0. The van der Waals surface area contributed by atoms with Gasteiger partial charge in [0.2, 0.25) is 0 Å². The Bertz CT molecular complexity index is 479. The van der Waals surface area contributed by atoms with E-state index >= 15 is 0 Å². The number of aromatic nitrogens is 2. The van der Waals surface area contributed by atoms with E-state index in [-0.39, 0.29) is 0 Å². The molecule has 0 radical (unpaired) electrons. The predicted molar refractivity (Wildman–Crippen MR) is 91.2 cm³/mol. The lowest BCUT2D eigenvalue weighted by Gasteiger charge is -2.13. The molecule has 0 atom stereocenters. The van der Waals surface area contributed by atoms with Crippen LogP contribution in [0.5, 0.6) is 0 Å². The minimum Gasteiger partial charge on any atom is -0.383 e. The van der Waals surface area contributed by atoms with Crippen molar-refractivity contribution in [1.82, 2.24) is 20.4 Å². The molecule has 126 valence electrons. The first kappa shape index (κ1) is 18.5. The number of aliphatic imine (C=N–C) groups is 1. The lowest BCUT2D eigenvalue weighted by Crippen LogP contribution is -2.39. The van der Waals surface area contributed by atoms with E-state index < -0.39 is 0 Å². The Balaban J connectivity index is 2.78. The van der Waals surface area contributed by atoms with E-state index in [4.69, 9.17) is 4.74 Å². The second kappa shape index (κ2) is 9.46. The molecule has 0 aliphatic heterocycles. The van der Waals surface area contributed by atoms with Gasteiger partial charge in [0, 0.05) is 31.5 Å². The Morgan fingerprint density at radius 1 is 1.32 bits per heavy atom. The van der Waals surface area contributed by atoms with Gasteiger partial charge in [0.15, 0.2) is 5.96 Å². The Morgan fingerprint density at radius 3 is 2.64 bits per heavy atom. The van der Waals surface area contributed by atoms with E-state index in [1.807, 2.05) is 11.6 Å². The number of methoxy groups -OCH3 is 1. The molecule has 0 amide bonds. The van der Waals surface area contributed by atoms with Crippen LogP contribution in [0, 0.1) is 19.8 Å². The smallest absolute Gasteiger partial charge is 0.191 e. The first-order valence-corrected chi connectivity index (χ1v) is 8.03. The molecule has 6 nitrogen and oxygen atoms in total. The molecule has 0 aliphatic carbocycles. The van der Waals surface area contributed by atoms with Gasteiger partial charge >= 0.3 is 0 Å². The molecule has 0 aliphatic rings. The predicted octanol–water partition coefficient (Wildman–Crippen LogP) is 1.86. The Kier molecular flexibility index (Phi) is 7.95. The van der Waals surface area contributed by atoms with Gasteiger partial charge in [0.05, 0.1) is 25.4 Å². The molecule has 0 unspecified atom stereocenters. The van der Waals surface area contributed by atoms with Gasteiger partial charge < -0.3 is 15.4 Å². The zero-order chi connectivity index (χ0) is 16.5. The van der Waals surface area contributed by atoms with Gasteiger partial charge in [-0.3, -0.25) is 4.68 Å². The van der Waals surface area contributed by atoms with Crippen molar-refractivity contribution in [2.75, 3.05) is 26.8 Å². The monoisotopic (exact) mass is 309 g/mol. The van der Waals surface area contributed by atoms with E-state index in [0.29, 0.717) is 19.1 Å². The molecule has 0 spiro atoms. The van der Waals surface area contributed by atoms with Gasteiger partial charge in [-0.2, -0.15) is 5.10 Å². The van der Waals surface area contributed by atoms with Gasteiger partial charge in [-0.1, -0.05) is 13.8 Å². The lowest BCUT2D eigenvalue weighted by atomic mass is 10.2. The second-order valence-electron chi connectivity index (χ2n) is 5.84. The van der Waals surface area contributed by atoms with Crippen LogP contribution < -0.4 is 10.6 Å². The highest BCUT2D eigenvalue weighted by atomic mass is 16.5. The van der Waals surface area contributed by atoms with Gasteiger partial charge in [-0.25, -0.2) is 4.99 Å². The molecule has 0 aromatic carbocycles. The van der Waals surface area contributed by atoms with Gasteiger partial charge in [-0.05, 0) is 26.7 Å². The van der Waals surface area contributed by atoms with Crippen LogP contribution in [-0.2, 0) is 17.8 Å². The maximum absolute atomic E-state index is 5.13. The van der Waals surface area contributed by atoms with Crippen molar-refractivity contribution in [3.05, 3.63) is 17.0 Å². The second-order valence-corrected chi connectivity index (χ2v) is 5.84. The van der Waals surface area contributed by atoms with E-state index in [9.17, 15) is 0 Å². The van der Waals surface area contributed by atoms with Crippen molar-refractivity contribution in [2.24, 2.45) is 10.9 Å². The average Bonchev–Trinajstić information content (AvgIpc) is 2.74. The molecule has 1 rings (SSSR count). The number of hydrogen-bond acceptors (Lipinski definition) is 3. The number of aryl methyl sites for hydroxylation is 1. The van der Waals surface area contributed by atoms with Crippen molar-refractivity contribution >= 4 is 5.96 Å². The fourth-order valence-corrected chi connectivity index (χ4v) is 2.16. The highest BCUT2D eigenvalue weighted by molar-refractivity contribution is 5.79. The van der Waals surface area contributed by atoms with Crippen molar-refractivity contribution < 1.29 is 4.74 Å². The Hall–Kier alpha value is -1.56. The summed E-state index contributed by atoms with van der Waals surface area (Å²) in [5.41, 5.74) is 3.40. The highest BCUT2D eigenvalue weighted by Crippen LogP contribution is 2.14. The van der Waals surface area contributed by atoms with E-state index in [1.165, 1.54) is 5.56 Å². The number of ether oxygens (including phenoxy) is 1. The van der Waals surface area contributed by atoms with Crippen molar-refractivity contribution in [3.8, 4) is 0 Å². The summed E-state index contributed by atoms with van der Waals surface area (Å²) < 4.78 is 7.12. The van der Waals surface area contributed by atoms with Crippen LogP contribution in [0.15, 0.2) is 4.99 Å². The van der Waals surface area contributed by atoms with Crippen LogP contribution in [0.3, 0.4) is 0 Å². The van der Waals surface area contributed by atoms with Crippen LogP contribution in [-0.4, -0.2) is 42.5 Å². The molecule has 0 saturated carbocycles. The fraction of sp³-hybridized carbons (Fsp3) is 0.750. The van der Waals surface area contributed by atoms with E-state index in [0.717, 1.165) is 37.0 Å². The first-order valence-electron chi connectivity index (χ1n) is 8.03. The van der Waals surface area contributed by atoms with E-state index in [1.54, 1.807) is 7.11 Å². The number of nitrogens with one attached hydrogen (secondary N) is 2. The van der Waals surface area contributed by atoms with Crippen molar-refractivity contribution in [3.63, 3.8) is 0 Å². The third kappa shape index (κ3) is 5.67. The van der Waals surface area contributed by atoms with E-state index in [2.05, 4.69) is 48.4 Å². The molecule has 6 heteroatoms. The summed E-state index contributed by atoms with van der Waals surface area (Å²) in [7, 11) is 1.71. The summed E-state index contributed by atoms with van der Waals surface area (Å²) in [6.07, 6.45) is 0. The summed E-state index contributed by atoms with van der Waals surface area (Å²) in [5.74, 6) is 1.45. The Labute approximate surface area is 134 Å². The third-order valence-corrected chi connectivity index (χ3v) is 3.46. The van der Waals surface area contributed by atoms with Gasteiger partial charge in [0.25, 0.3) is 0 Å². The minimum atomic E-state index is 0.587.